The lowest BCUT2D eigenvalue weighted by Gasteiger charge is -2.06. The van der Waals surface area contributed by atoms with Crippen LogP contribution in [0.3, 0.4) is 0 Å². The zero-order valence-corrected chi connectivity index (χ0v) is 19.0. The largest absolute Gasteiger partial charge is 0.286 e. The van der Waals surface area contributed by atoms with Crippen LogP contribution in [0.25, 0.3) is 0 Å². The van der Waals surface area contributed by atoms with E-state index in [2.05, 4.69) is 0 Å². The van der Waals surface area contributed by atoms with E-state index in [9.17, 15) is 16.8 Å². The Balaban J connectivity index is 1.70. The van der Waals surface area contributed by atoms with Crippen molar-refractivity contribution in [2.24, 2.45) is 0 Å². The van der Waals surface area contributed by atoms with Crippen molar-refractivity contribution in [3.63, 3.8) is 0 Å². The predicted molar refractivity (Wildman–Crippen MR) is 118 cm³/mol. The van der Waals surface area contributed by atoms with Gasteiger partial charge in [0.1, 0.15) is 0 Å². The first-order chi connectivity index (χ1) is 15.1. The third kappa shape index (κ3) is 7.79. The normalized spacial score (nSPS) is 12.1. The highest BCUT2D eigenvalue weighted by Crippen LogP contribution is 2.07. The fourth-order valence-electron chi connectivity index (χ4n) is 3.40. The van der Waals surface area contributed by atoms with E-state index in [4.69, 9.17) is 9.11 Å². The second-order valence-corrected chi connectivity index (χ2v) is 10.7. The summed E-state index contributed by atoms with van der Waals surface area (Å²) in [7, 11) is -8.05. The number of nitrogens with zero attached hydrogens (tertiary/aromatic N) is 2. The third-order valence-corrected chi connectivity index (χ3v) is 6.47. The van der Waals surface area contributed by atoms with Gasteiger partial charge in [-0.3, -0.25) is 9.11 Å². The molecule has 32 heavy (non-hydrogen) atoms. The topological polar surface area (TPSA) is 117 Å². The number of aryl methyl sites for hydroxylation is 2. The van der Waals surface area contributed by atoms with Gasteiger partial charge in [0.2, 0.25) is 0 Å². The molecule has 170 valence electrons. The predicted octanol–water partition coefficient (Wildman–Crippen LogP) is 1.22. The van der Waals surface area contributed by atoms with Crippen molar-refractivity contribution in [1.29, 1.82) is 0 Å². The van der Waals surface area contributed by atoms with Crippen molar-refractivity contribution < 1.29 is 35.1 Å². The molecule has 2 aromatic heterocycles. The molecule has 0 radical (unpaired) electrons. The summed E-state index contributed by atoms with van der Waals surface area (Å²) < 4.78 is 66.2. The molecule has 10 heteroatoms. The molecule has 0 aliphatic carbocycles. The minimum Gasteiger partial charge on any atom is -0.286 e. The van der Waals surface area contributed by atoms with Crippen LogP contribution in [0.1, 0.15) is 22.5 Å². The van der Waals surface area contributed by atoms with Crippen LogP contribution in [0.2, 0.25) is 0 Å². The van der Waals surface area contributed by atoms with E-state index in [1.165, 1.54) is 0 Å². The van der Waals surface area contributed by atoms with E-state index in [1.54, 1.807) is 0 Å². The Morgan fingerprint density at radius 2 is 0.969 bits per heavy atom. The van der Waals surface area contributed by atoms with E-state index in [0.717, 1.165) is 22.5 Å². The van der Waals surface area contributed by atoms with Crippen LogP contribution in [-0.2, 0) is 46.2 Å². The van der Waals surface area contributed by atoms with Gasteiger partial charge in [0.05, 0.1) is 11.5 Å². The molecular weight excluding hydrogens is 452 g/mol. The summed E-state index contributed by atoms with van der Waals surface area (Å²) in [5.74, 6) is -0.658. The molecule has 0 saturated carbocycles. The van der Waals surface area contributed by atoms with Crippen molar-refractivity contribution in [2.75, 3.05) is 11.5 Å². The first kappa shape index (κ1) is 24.0. The molecule has 3 rings (SSSR count). The summed E-state index contributed by atoms with van der Waals surface area (Å²) in [6, 6.07) is 19.0. The van der Waals surface area contributed by atoms with Crippen molar-refractivity contribution >= 4 is 20.2 Å². The molecule has 3 aromatic rings. The standard InChI is InChI=1S/C22H24N2O6S2/c25-31(26,27)15-11-21-5-1-3-13-23(21)17-19-7-9-20(10-8-19)18-24-14-4-2-6-22(24)12-16-32(28,29)30/h1-10,13-14H,11-12,15-18H2/p+2. The van der Waals surface area contributed by atoms with E-state index in [-0.39, 0.29) is 24.3 Å². The van der Waals surface area contributed by atoms with Crippen molar-refractivity contribution in [3.05, 3.63) is 95.6 Å². The summed E-state index contributed by atoms with van der Waals surface area (Å²) in [6.45, 7) is 1.11. The Hall–Kier alpha value is -2.66. The lowest BCUT2D eigenvalue weighted by molar-refractivity contribution is -0.696. The number of aromatic nitrogens is 2. The van der Waals surface area contributed by atoms with Crippen LogP contribution < -0.4 is 9.13 Å². The maximum absolute atomic E-state index is 11.1. The number of benzene rings is 1. The fourth-order valence-corrected chi connectivity index (χ4v) is 4.33. The van der Waals surface area contributed by atoms with Gasteiger partial charge in [-0.2, -0.15) is 26.0 Å². The van der Waals surface area contributed by atoms with Crippen LogP contribution in [0.5, 0.6) is 0 Å². The van der Waals surface area contributed by atoms with E-state index < -0.39 is 20.2 Å². The maximum Gasteiger partial charge on any atom is 0.265 e. The van der Waals surface area contributed by atoms with Crippen LogP contribution in [0, 0.1) is 0 Å². The van der Waals surface area contributed by atoms with Gasteiger partial charge >= 0.3 is 0 Å². The van der Waals surface area contributed by atoms with Gasteiger partial charge in [0.15, 0.2) is 36.9 Å². The Labute approximate surface area is 188 Å². The zero-order valence-electron chi connectivity index (χ0n) is 17.4. The van der Waals surface area contributed by atoms with E-state index in [1.807, 2.05) is 82.2 Å². The van der Waals surface area contributed by atoms with Gasteiger partial charge in [-0.1, -0.05) is 36.4 Å². The Morgan fingerprint density at radius 3 is 1.31 bits per heavy atom. The van der Waals surface area contributed by atoms with Crippen molar-refractivity contribution in [2.45, 2.75) is 25.9 Å². The molecule has 0 aliphatic heterocycles. The second kappa shape index (κ2) is 10.3. The average molecular weight is 479 g/mol. The monoisotopic (exact) mass is 478 g/mol. The number of pyridine rings is 2. The maximum atomic E-state index is 11.1. The van der Waals surface area contributed by atoms with Gasteiger partial charge in [0.25, 0.3) is 20.2 Å². The molecule has 0 unspecified atom stereocenters. The highest BCUT2D eigenvalue weighted by atomic mass is 32.2. The molecule has 0 amide bonds. The molecule has 1 aromatic carbocycles. The molecule has 0 saturated heterocycles. The quantitative estimate of drug-likeness (QED) is 0.334. The third-order valence-electron chi connectivity index (χ3n) is 5.03. The van der Waals surface area contributed by atoms with Gasteiger partial charge in [-0.05, 0) is 0 Å². The van der Waals surface area contributed by atoms with E-state index >= 15 is 0 Å². The fraction of sp³-hybridized carbons (Fsp3) is 0.273. The Bertz CT molecular complexity index is 1170. The summed E-state index contributed by atoms with van der Waals surface area (Å²) in [5.41, 5.74) is 3.67. The van der Waals surface area contributed by atoms with Crippen LogP contribution in [-0.4, -0.2) is 37.4 Å². The highest BCUT2D eigenvalue weighted by Gasteiger charge is 2.16. The van der Waals surface area contributed by atoms with Crippen molar-refractivity contribution in [1.82, 2.24) is 0 Å². The molecule has 0 spiro atoms. The molecular formula is C22H26N2O6S2+2. The Kier molecular flexibility index (Phi) is 7.73. The van der Waals surface area contributed by atoms with Gasteiger partial charge < -0.3 is 0 Å². The average Bonchev–Trinajstić information content (AvgIpc) is 2.73. The summed E-state index contributed by atoms with van der Waals surface area (Å²) in [4.78, 5) is 0. The van der Waals surface area contributed by atoms with Gasteiger partial charge in [-0.25, -0.2) is 0 Å². The minimum atomic E-state index is -4.03. The molecule has 0 bridgehead atoms. The van der Waals surface area contributed by atoms with Crippen LogP contribution in [0.4, 0.5) is 0 Å². The first-order valence-electron chi connectivity index (χ1n) is 10.0. The summed E-state index contributed by atoms with van der Waals surface area (Å²) in [5, 5.41) is 0. The minimum absolute atomic E-state index is 0.217. The second-order valence-electron chi connectivity index (χ2n) is 7.53. The lowest BCUT2D eigenvalue weighted by Crippen LogP contribution is -2.39. The molecule has 0 atom stereocenters. The zero-order chi connectivity index (χ0) is 23.2. The van der Waals surface area contributed by atoms with Crippen LogP contribution in [0.15, 0.2) is 73.1 Å². The smallest absolute Gasteiger partial charge is 0.265 e. The molecule has 0 aliphatic rings. The summed E-state index contributed by atoms with van der Waals surface area (Å²) in [6.07, 6.45) is 4.17. The number of hydrogen-bond acceptors (Lipinski definition) is 4. The molecule has 2 N–H and O–H groups in total. The van der Waals surface area contributed by atoms with Crippen LogP contribution >= 0.6 is 0 Å². The van der Waals surface area contributed by atoms with Crippen molar-refractivity contribution in [3.8, 4) is 0 Å². The Morgan fingerprint density at radius 1 is 0.594 bits per heavy atom. The highest BCUT2D eigenvalue weighted by molar-refractivity contribution is 7.86. The van der Waals surface area contributed by atoms with Gasteiger partial charge in [-0.15, -0.1) is 0 Å². The molecule has 8 nitrogen and oxygen atoms in total. The molecule has 0 fully saturated rings. The lowest BCUT2D eigenvalue weighted by atomic mass is 10.1. The summed E-state index contributed by atoms with van der Waals surface area (Å²) >= 11 is 0. The SMILES string of the molecule is O=S(=O)(O)CCc1cccc[n+]1Cc1ccc(C[n+]2ccccc2CCS(=O)(=O)O)cc1. The van der Waals surface area contributed by atoms with Gasteiger partial charge in [0, 0.05) is 48.2 Å². The number of hydrogen-bond donors (Lipinski definition) is 2. The molecule has 2 heterocycles. The number of rotatable bonds is 10. The first-order valence-corrected chi connectivity index (χ1v) is 13.2. The van der Waals surface area contributed by atoms with E-state index in [0.29, 0.717) is 13.1 Å².